The van der Waals surface area contributed by atoms with E-state index in [9.17, 15) is 4.79 Å². The molecule has 1 N–H and O–H groups in total. The van der Waals surface area contributed by atoms with Gasteiger partial charge in [-0.2, -0.15) is 0 Å². The summed E-state index contributed by atoms with van der Waals surface area (Å²) in [6, 6.07) is 20.5. The molecule has 0 fully saturated rings. The summed E-state index contributed by atoms with van der Waals surface area (Å²) in [5.41, 5.74) is 6.10. The first-order chi connectivity index (χ1) is 12.0. The highest BCUT2D eigenvalue weighted by Gasteiger charge is 2.27. The van der Waals surface area contributed by atoms with Crippen molar-refractivity contribution in [3.63, 3.8) is 0 Å². The summed E-state index contributed by atoms with van der Waals surface area (Å²) < 4.78 is 0. The van der Waals surface area contributed by atoms with Crippen LogP contribution in [0.3, 0.4) is 0 Å². The molecule has 1 aromatic heterocycles. The number of benzene rings is 2. The average molecular weight is 331 g/mol. The second-order valence-corrected chi connectivity index (χ2v) is 7.07. The van der Waals surface area contributed by atoms with Crippen molar-refractivity contribution in [2.45, 2.75) is 33.6 Å². The lowest BCUT2D eigenvalue weighted by Crippen LogP contribution is -2.11. The first kappa shape index (κ1) is 17.2. The molecule has 0 atom stereocenters. The van der Waals surface area contributed by atoms with Crippen LogP contribution in [-0.4, -0.2) is 10.8 Å². The monoisotopic (exact) mass is 331 g/mol. The molecule has 0 radical (unpaired) electrons. The fourth-order valence-corrected chi connectivity index (χ4v) is 3.21. The van der Waals surface area contributed by atoms with Crippen LogP contribution in [0.5, 0.6) is 0 Å². The maximum Gasteiger partial charge on any atom is 0.167 e. The van der Waals surface area contributed by atoms with Gasteiger partial charge in [-0.15, -0.1) is 0 Å². The summed E-state index contributed by atoms with van der Waals surface area (Å²) in [5, 5.41) is 0. The van der Waals surface area contributed by atoms with Gasteiger partial charge in [0.2, 0.25) is 0 Å². The van der Waals surface area contributed by atoms with Crippen molar-refractivity contribution in [1.82, 2.24) is 4.98 Å². The molecule has 3 rings (SSSR count). The summed E-state index contributed by atoms with van der Waals surface area (Å²) in [7, 11) is 0. The summed E-state index contributed by atoms with van der Waals surface area (Å²) in [5.74, 6) is 0.401. The fourth-order valence-electron chi connectivity index (χ4n) is 3.21. The van der Waals surface area contributed by atoms with E-state index in [2.05, 4.69) is 43.1 Å². The van der Waals surface area contributed by atoms with E-state index < -0.39 is 0 Å². The number of hydrogen-bond acceptors (Lipinski definition) is 1. The summed E-state index contributed by atoms with van der Waals surface area (Å²) in [6.07, 6.45) is 0. The van der Waals surface area contributed by atoms with E-state index in [0.29, 0.717) is 0 Å². The van der Waals surface area contributed by atoms with Crippen LogP contribution in [0.25, 0.3) is 22.4 Å². The number of aromatic amines is 1. The Bertz CT molecular complexity index is 858. The van der Waals surface area contributed by atoms with Crippen molar-refractivity contribution in [2.75, 3.05) is 0 Å². The van der Waals surface area contributed by atoms with E-state index in [1.54, 1.807) is 0 Å². The summed E-state index contributed by atoms with van der Waals surface area (Å²) in [6.45, 7) is 8.20. The molecular formula is C23H25NO. The van der Waals surface area contributed by atoms with Gasteiger partial charge in [0.25, 0.3) is 0 Å². The van der Waals surface area contributed by atoms with Gasteiger partial charge in [-0.25, -0.2) is 0 Å². The van der Waals surface area contributed by atoms with Crippen LogP contribution < -0.4 is 0 Å². The first-order valence-corrected chi connectivity index (χ1v) is 8.91. The molecule has 0 aliphatic rings. The molecule has 0 spiro atoms. The van der Waals surface area contributed by atoms with Crippen molar-refractivity contribution in [2.24, 2.45) is 5.92 Å². The Morgan fingerprint density at radius 3 is 1.80 bits per heavy atom. The van der Waals surface area contributed by atoms with Crippen molar-refractivity contribution in [3.05, 3.63) is 71.9 Å². The van der Waals surface area contributed by atoms with Gasteiger partial charge in [-0.1, -0.05) is 88.4 Å². The fraction of sp³-hybridized carbons (Fsp3) is 0.261. The predicted octanol–water partition coefficient (Wildman–Crippen LogP) is 6.31. The second-order valence-electron chi connectivity index (χ2n) is 7.07. The number of aromatic nitrogens is 1. The zero-order chi connectivity index (χ0) is 18.0. The molecule has 2 nitrogen and oxygen atoms in total. The van der Waals surface area contributed by atoms with Gasteiger partial charge in [-0.05, 0) is 17.0 Å². The predicted molar refractivity (Wildman–Crippen MR) is 105 cm³/mol. The molecule has 0 saturated carbocycles. The Kier molecular flexibility index (Phi) is 4.89. The topological polar surface area (TPSA) is 32.9 Å². The first-order valence-electron chi connectivity index (χ1n) is 8.91. The lowest BCUT2D eigenvalue weighted by molar-refractivity contribution is 0.0939. The zero-order valence-electron chi connectivity index (χ0n) is 15.3. The SMILES string of the molecule is CC(C)C(=O)c1c(C(C)C)[nH]c(-c2ccccc2)c1-c1ccccc1. The van der Waals surface area contributed by atoms with E-state index in [1.165, 1.54) is 0 Å². The van der Waals surface area contributed by atoms with Crippen molar-refractivity contribution in [3.8, 4) is 22.4 Å². The van der Waals surface area contributed by atoms with Crippen LogP contribution >= 0.6 is 0 Å². The van der Waals surface area contributed by atoms with Crippen molar-refractivity contribution < 1.29 is 4.79 Å². The standard InChI is InChI=1S/C23H25NO/c1-15(2)21-20(23(25)16(3)4)19(17-11-7-5-8-12-17)22(24-21)18-13-9-6-10-14-18/h5-16,24H,1-4H3. The molecular weight excluding hydrogens is 306 g/mol. The molecule has 0 amide bonds. The number of ketones is 1. The Labute approximate surface area is 149 Å². The summed E-state index contributed by atoms with van der Waals surface area (Å²) >= 11 is 0. The van der Waals surface area contributed by atoms with Crippen molar-refractivity contribution >= 4 is 5.78 Å². The maximum atomic E-state index is 13.1. The van der Waals surface area contributed by atoms with Crippen LogP contribution in [0, 0.1) is 5.92 Å². The van der Waals surface area contributed by atoms with Gasteiger partial charge in [0, 0.05) is 22.7 Å². The third kappa shape index (κ3) is 3.30. The Morgan fingerprint density at radius 1 is 0.800 bits per heavy atom. The molecule has 0 saturated heterocycles. The van der Waals surface area contributed by atoms with E-state index in [4.69, 9.17) is 0 Å². The van der Waals surface area contributed by atoms with Crippen LogP contribution in [-0.2, 0) is 0 Å². The third-order valence-electron chi connectivity index (χ3n) is 4.50. The molecule has 128 valence electrons. The average Bonchev–Trinajstić information content (AvgIpc) is 3.03. The van der Waals surface area contributed by atoms with Gasteiger partial charge in [0.05, 0.1) is 5.69 Å². The number of Topliss-reactive ketones (excluding diaryl/α,β-unsaturated/α-hetero) is 1. The van der Waals surface area contributed by atoms with Gasteiger partial charge in [-0.3, -0.25) is 4.79 Å². The quantitative estimate of drug-likeness (QED) is 0.546. The highest BCUT2D eigenvalue weighted by atomic mass is 16.1. The highest BCUT2D eigenvalue weighted by Crippen LogP contribution is 2.40. The molecule has 0 aliphatic heterocycles. The van der Waals surface area contributed by atoms with E-state index in [0.717, 1.165) is 33.6 Å². The lowest BCUT2D eigenvalue weighted by atomic mass is 9.89. The largest absolute Gasteiger partial charge is 0.357 e. The minimum atomic E-state index is -0.0422. The molecule has 0 aliphatic carbocycles. The van der Waals surface area contributed by atoms with Crippen LogP contribution in [0.2, 0.25) is 0 Å². The maximum absolute atomic E-state index is 13.1. The van der Waals surface area contributed by atoms with Gasteiger partial charge >= 0.3 is 0 Å². The number of hydrogen-bond donors (Lipinski definition) is 1. The van der Waals surface area contributed by atoms with E-state index in [1.807, 2.05) is 50.2 Å². The number of H-pyrrole nitrogens is 1. The number of carbonyl (C=O) groups excluding carboxylic acids is 1. The summed E-state index contributed by atoms with van der Waals surface area (Å²) in [4.78, 5) is 16.7. The second kappa shape index (κ2) is 7.10. The Balaban J connectivity index is 2.36. The van der Waals surface area contributed by atoms with Crippen LogP contribution in [0.4, 0.5) is 0 Å². The molecule has 2 aromatic carbocycles. The minimum Gasteiger partial charge on any atom is -0.357 e. The lowest BCUT2D eigenvalue weighted by Gasteiger charge is -2.12. The Morgan fingerprint density at radius 2 is 1.32 bits per heavy atom. The van der Waals surface area contributed by atoms with E-state index >= 15 is 0 Å². The molecule has 25 heavy (non-hydrogen) atoms. The highest BCUT2D eigenvalue weighted by molar-refractivity contribution is 6.08. The normalized spacial score (nSPS) is 11.3. The number of carbonyl (C=O) groups is 1. The zero-order valence-corrected chi connectivity index (χ0v) is 15.3. The van der Waals surface area contributed by atoms with Crippen LogP contribution in [0.1, 0.15) is 49.7 Å². The molecule has 2 heteroatoms. The molecule has 0 unspecified atom stereocenters. The smallest absolute Gasteiger partial charge is 0.167 e. The number of rotatable bonds is 5. The van der Waals surface area contributed by atoms with E-state index in [-0.39, 0.29) is 17.6 Å². The van der Waals surface area contributed by atoms with Gasteiger partial charge < -0.3 is 4.98 Å². The third-order valence-corrected chi connectivity index (χ3v) is 4.50. The van der Waals surface area contributed by atoms with Gasteiger partial charge in [0.15, 0.2) is 5.78 Å². The van der Waals surface area contributed by atoms with Crippen LogP contribution in [0.15, 0.2) is 60.7 Å². The minimum absolute atomic E-state index is 0.0422. The molecule has 3 aromatic rings. The molecule has 0 bridgehead atoms. The van der Waals surface area contributed by atoms with Gasteiger partial charge in [0.1, 0.15) is 0 Å². The Hall–Kier alpha value is -2.61. The molecule has 1 heterocycles. The number of nitrogens with one attached hydrogen (secondary N) is 1. The van der Waals surface area contributed by atoms with Crippen molar-refractivity contribution in [1.29, 1.82) is 0 Å².